The average molecular weight is 289 g/mol. The van der Waals surface area contributed by atoms with Crippen molar-refractivity contribution in [3.8, 4) is 0 Å². The highest BCUT2D eigenvalue weighted by Crippen LogP contribution is 2.32. The van der Waals surface area contributed by atoms with Crippen molar-refractivity contribution in [1.82, 2.24) is 10.3 Å². The van der Waals surface area contributed by atoms with Gasteiger partial charge in [0.2, 0.25) is 0 Å². The molecule has 1 saturated heterocycles. The molecule has 0 amide bonds. The second-order valence-corrected chi connectivity index (χ2v) is 6.22. The topological polar surface area (TPSA) is 37.4 Å². The van der Waals surface area contributed by atoms with Crippen LogP contribution in [-0.4, -0.2) is 36.8 Å². The molecule has 2 unspecified atom stereocenters. The fourth-order valence-electron chi connectivity index (χ4n) is 3.65. The van der Waals surface area contributed by atoms with Crippen LogP contribution in [0.2, 0.25) is 0 Å². The van der Waals surface area contributed by atoms with Crippen LogP contribution in [0.3, 0.4) is 0 Å². The number of anilines is 1. The van der Waals surface area contributed by atoms with E-state index in [1.165, 1.54) is 36.8 Å². The molecule has 21 heavy (non-hydrogen) atoms. The van der Waals surface area contributed by atoms with Gasteiger partial charge in [-0.05, 0) is 43.5 Å². The van der Waals surface area contributed by atoms with Crippen LogP contribution in [0.4, 0.5) is 5.82 Å². The van der Waals surface area contributed by atoms with Gasteiger partial charge in [-0.3, -0.25) is 0 Å². The van der Waals surface area contributed by atoms with Crippen LogP contribution < -0.4 is 10.2 Å². The number of nitrogens with zero attached hydrogens (tertiary/aromatic N) is 2. The molecule has 4 heteroatoms. The Kier molecular flexibility index (Phi) is 4.76. The quantitative estimate of drug-likeness (QED) is 0.924. The van der Waals surface area contributed by atoms with Gasteiger partial charge in [0, 0.05) is 19.3 Å². The zero-order chi connectivity index (χ0) is 14.7. The van der Waals surface area contributed by atoms with Crippen molar-refractivity contribution in [3.63, 3.8) is 0 Å². The zero-order valence-electron chi connectivity index (χ0n) is 13.3. The van der Waals surface area contributed by atoms with Gasteiger partial charge in [-0.25, -0.2) is 4.98 Å². The molecule has 0 radical (unpaired) electrons. The van der Waals surface area contributed by atoms with Crippen molar-refractivity contribution in [2.75, 3.05) is 24.6 Å². The molecule has 3 rings (SSSR count). The summed E-state index contributed by atoms with van der Waals surface area (Å²) in [5, 5.41) is 3.36. The average Bonchev–Trinajstić information content (AvgIpc) is 2.53. The molecule has 2 atom stereocenters. The van der Waals surface area contributed by atoms with Crippen LogP contribution in [0.25, 0.3) is 0 Å². The molecule has 1 aliphatic carbocycles. The monoisotopic (exact) mass is 289 g/mol. The van der Waals surface area contributed by atoms with E-state index in [2.05, 4.69) is 30.1 Å². The highest BCUT2D eigenvalue weighted by Gasteiger charge is 2.35. The molecule has 0 aromatic carbocycles. The number of hydrogen-bond acceptors (Lipinski definition) is 4. The van der Waals surface area contributed by atoms with Crippen molar-refractivity contribution in [2.45, 2.75) is 58.2 Å². The first-order valence-corrected chi connectivity index (χ1v) is 8.34. The summed E-state index contributed by atoms with van der Waals surface area (Å²) in [6.07, 6.45) is 7.51. The summed E-state index contributed by atoms with van der Waals surface area (Å²) in [5.41, 5.74) is 2.56. The second kappa shape index (κ2) is 6.75. The molecule has 1 saturated carbocycles. The van der Waals surface area contributed by atoms with Gasteiger partial charge in [-0.2, -0.15) is 0 Å². The summed E-state index contributed by atoms with van der Waals surface area (Å²) in [5.74, 6) is 1.16. The van der Waals surface area contributed by atoms with E-state index < -0.39 is 0 Å². The molecule has 0 spiro atoms. The Bertz CT molecular complexity index is 475. The lowest BCUT2D eigenvalue weighted by Crippen LogP contribution is -2.53. The Labute approximate surface area is 127 Å². The number of morpholine rings is 1. The van der Waals surface area contributed by atoms with Crippen LogP contribution in [0.5, 0.6) is 0 Å². The van der Waals surface area contributed by atoms with Gasteiger partial charge in [0.1, 0.15) is 5.82 Å². The number of rotatable bonds is 4. The van der Waals surface area contributed by atoms with Gasteiger partial charge < -0.3 is 15.0 Å². The summed E-state index contributed by atoms with van der Waals surface area (Å²) in [6.45, 7) is 8.02. The maximum absolute atomic E-state index is 5.97. The molecular formula is C17H27N3O. The van der Waals surface area contributed by atoms with Crippen molar-refractivity contribution in [2.24, 2.45) is 0 Å². The molecule has 1 N–H and O–H groups in total. The summed E-state index contributed by atoms with van der Waals surface area (Å²) < 4.78 is 5.97. The lowest BCUT2D eigenvalue weighted by Gasteiger charge is -2.44. The maximum atomic E-state index is 5.97. The van der Waals surface area contributed by atoms with Gasteiger partial charge in [0.25, 0.3) is 0 Å². The van der Waals surface area contributed by atoms with E-state index in [1.807, 2.05) is 6.20 Å². The third-order valence-electron chi connectivity index (χ3n) is 4.69. The molecule has 2 heterocycles. The van der Waals surface area contributed by atoms with Crippen LogP contribution >= 0.6 is 0 Å². The Morgan fingerprint density at radius 2 is 2.24 bits per heavy atom. The van der Waals surface area contributed by atoms with E-state index >= 15 is 0 Å². The zero-order valence-corrected chi connectivity index (χ0v) is 13.3. The van der Waals surface area contributed by atoms with E-state index in [0.29, 0.717) is 12.1 Å². The van der Waals surface area contributed by atoms with E-state index in [1.54, 1.807) is 0 Å². The van der Waals surface area contributed by atoms with Crippen molar-refractivity contribution in [3.05, 3.63) is 23.4 Å². The Morgan fingerprint density at radius 3 is 3.05 bits per heavy atom. The number of pyridine rings is 1. The Morgan fingerprint density at radius 1 is 1.38 bits per heavy atom. The van der Waals surface area contributed by atoms with Crippen LogP contribution in [-0.2, 0) is 11.3 Å². The normalized spacial score (nSPS) is 25.7. The minimum atomic E-state index is 0.412. The van der Waals surface area contributed by atoms with Gasteiger partial charge in [0.05, 0.1) is 18.8 Å². The minimum absolute atomic E-state index is 0.412. The third kappa shape index (κ3) is 3.22. The van der Waals surface area contributed by atoms with Gasteiger partial charge >= 0.3 is 0 Å². The number of aromatic nitrogens is 1. The predicted molar refractivity (Wildman–Crippen MR) is 85.7 cm³/mol. The SMILES string of the molecule is CCNCc1cnc(N2CCOC3CCCCC32)c(C)c1. The minimum Gasteiger partial charge on any atom is -0.374 e. The lowest BCUT2D eigenvalue weighted by atomic mass is 9.90. The highest BCUT2D eigenvalue weighted by molar-refractivity contribution is 5.49. The standard InChI is InChI=1S/C17H27N3O/c1-3-18-11-14-10-13(2)17(19-12-14)20-8-9-21-16-7-5-4-6-15(16)20/h10,12,15-16,18H,3-9,11H2,1-2H3. The molecule has 2 fully saturated rings. The number of nitrogens with one attached hydrogen (secondary N) is 1. The number of aryl methyl sites for hydroxylation is 1. The Hall–Kier alpha value is -1.13. The maximum Gasteiger partial charge on any atom is 0.131 e. The number of ether oxygens (including phenoxy) is 1. The molecular weight excluding hydrogens is 262 g/mol. The summed E-state index contributed by atoms with van der Waals surface area (Å²) in [6, 6.07) is 2.80. The van der Waals surface area contributed by atoms with Crippen molar-refractivity contribution < 1.29 is 4.74 Å². The second-order valence-electron chi connectivity index (χ2n) is 6.22. The first kappa shape index (κ1) is 14.8. The number of hydrogen-bond donors (Lipinski definition) is 1. The van der Waals surface area contributed by atoms with E-state index in [0.717, 1.165) is 32.1 Å². The fraction of sp³-hybridized carbons (Fsp3) is 0.706. The molecule has 1 aliphatic heterocycles. The largest absolute Gasteiger partial charge is 0.374 e. The molecule has 0 bridgehead atoms. The summed E-state index contributed by atoms with van der Waals surface area (Å²) in [7, 11) is 0. The smallest absolute Gasteiger partial charge is 0.131 e. The predicted octanol–water partition coefficient (Wildman–Crippen LogP) is 2.65. The van der Waals surface area contributed by atoms with Gasteiger partial charge in [-0.15, -0.1) is 0 Å². The first-order chi connectivity index (χ1) is 10.3. The van der Waals surface area contributed by atoms with Crippen molar-refractivity contribution >= 4 is 5.82 Å². The van der Waals surface area contributed by atoms with E-state index in [-0.39, 0.29) is 0 Å². The molecule has 1 aromatic heterocycles. The van der Waals surface area contributed by atoms with Crippen LogP contribution in [0, 0.1) is 6.92 Å². The Balaban J connectivity index is 1.78. The van der Waals surface area contributed by atoms with E-state index in [9.17, 15) is 0 Å². The number of fused-ring (bicyclic) bond motifs is 1. The third-order valence-corrected chi connectivity index (χ3v) is 4.69. The van der Waals surface area contributed by atoms with E-state index in [4.69, 9.17) is 9.72 Å². The summed E-state index contributed by atoms with van der Waals surface area (Å²) >= 11 is 0. The van der Waals surface area contributed by atoms with Crippen molar-refractivity contribution in [1.29, 1.82) is 0 Å². The lowest BCUT2D eigenvalue weighted by molar-refractivity contribution is -0.00903. The molecule has 1 aromatic rings. The van der Waals surface area contributed by atoms with Crippen LogP contribution in [0.1, 0.15) is 43.7 Å². The van der Waals surface area contributed by atoms with Gasteiger partial charge in [0.15, 0.2) is 0 Å². The summed E-state index contributed by atoms with van der Waals surface area (Å²) in [4.78, 5) is 7.28. The molecule has 4 nitrogen and oxygen atoms in total. The molecule has 2 aliphatic rings. The van der Waals surface area contributed by atoms with Gasteiger partial charge in [-0.1, -0.05) is 19.8 Å². The highest BCUT2D eigenvalue weighted by atomic mass is 16.5. The first-order valence-electron chi connectivity index (χ1n) is 8.34. The van der Waals surface area contributed by atoms with Crippen LogP contribution in [0.15, 0.2) is 12.3 Å². The fourth-order valence-corrected chi connectivity index (χ4v) is 3.65. The molecule has 116 valence electrons.